The molecule has 1 atom stereocenters. The molecular formula is C18H25N3. The Labute approximate surface area is 127 Å². The topological polar surface area (TPSA) is 51.8 Å². The summed E-state index contributed by atoms with van der Waals surface area (Å²) in [5.74, 6) is 0. The normalized spacial score (nSPS) is 13.2. The molecular weight excluding hydrogens is 258 g/mol. The number of nitrogens with two attached hydrogens (primary N) is 1. The van der Waals surface area contributed by atoms with Crippen LogP contribution in [0.4, 0.5) is 0 Å². The predicted octanol–water partition coefficient (Wildman–Crippen LogP) is 3.69. The van der Waals surface area contributed by atoms with Crippen molar-refractivity contribution in [3.05, 3.63) is 58.4 Å². The lowest BCUT2D eigenvalue weighted by molar-refractivity contribution is 0.589. The van der Waals surface area contributed by atoms with Gasteiger partial charge in [-0.15, -0.1) is 0 Å². The summed E-state index contributed by atoms with van der Waals surface area (Å²) >= 11 is 0. The molecule has 2 rings (SSSR count). The van der Waals surface area contributed by atoms with Crippen molar-refractivity contribution in [3.63, 3.8) is 0 Å². The monoisotopic (exact) mass is 283 g/mol. The zero-order valence-electron chi connectivity index (χ0n) is 13.6. The lowest BCUT2D eigenvalue weighted by atomic mass is 9.85. The van der Waals surface area contributed by atoms with E-state index in [0.717, 1.165) is 28.9 Å². The van der Waals surface area contributed by atoms with Crippen LogP contribution in [0.15, 0.2) is 30.3 Å². The second kappa shape index (κ2) is 5.94. The third-order valence-corrected chi connectivity index (χ3v) is 3.83. The van der Waals surface area contributed by atoms with Crippen LogP contribution < -0.4 is 5.73 Å². The van der Waals surface area contributed by atoms with Crippen LogP contribution in [0.5, 0.6) is 0 Å². The number of aromatic nitrogens is 2. The molecule has 0 spiro atoms. The third-order valence-electron chi connectivity index (χ3n) is 3.83. The molecule has 0 saturated heterocycles. The van der Waals surface area contributed by atoms with E-state index >= 15 is 0 Å². The molecule has 0 radical (unpaired) electrons. The highest BCUT2D eigenvalue weighted by Gasteiger charge is 2.17. The maximum atomic E-state index is 6.45. The van der Waals surface area contributed by atoms with E-state index in [0.29, 0.717) is 0 Å². The summed E-state index contributed by atoms with van der Waals surface area (Å²) in [5.41, 5.74) is 12.0. The van der Waals surface area contributed by atoms with Crippen LogP contribution in [-0.2, 0) is 11.8 Å². The predicted molar refractivity (Wildman–Crippen MR) is 87.3 cm³/mol. The van der Waals surface area contributed by atoms with Crippen LogP contribution in [0.25, 0.3) is 0 Å². The van der Waals surface area contributed by atoms with Crippen LogP contribution in [0.2, 0.25) is 0 Å². The van der Waals surface area contributed by atoms with Gasteiger partial charge in [-0.1, -0.05) is 52.0 Å². The van der Waals surface area contributed by atoms with Gasteiger partial charge in [-0.05, 0) is 41.5 Å². The summed E-state index contributed by atoms with van der Waals surface area (Å²) < 4.78 is 0. The first kappa shape index (κ1) is 15.6. The summed E-state index contributed by atoms with van der Waals surface area (Å²) in [7, 11) is 0. The van der Waals surface area contributed by atoms with E-state index in [1.807, 2.05) is 13.0 Å². The minimum Gasteiger partial charge on any atom is -0.320 e. The van der Waals surface area contributed by atoms with Crippen LogP contribution >= 0.6 is 0 Å². The minimum absolute atomic E-state index is 0.150. The first-order valence-corrected chi connectivity index (χ1v) is 7.52. The first-order chi connectivity index (χ1) is 9.82. The number of aryl methyl sites for hydroxylation is 2. The van der Waals surface area contributed by atoms with Gasteiger partial charge in [0.05, 0.1) is 17.4 Å². The summed E-state index contributed by atoms with van der Waals surface area (Å²) in [4.78, 5) is 0. The van der Waals surface area contributed by atoms with Crippen molar-refractivity contribution in [1.29, 1.82) is 0 Å². The van der Waals surface area contributed by atoms with Crippen LogP contribution in [0.3, 0.4) is 0 Å². The highest BCUT2D eigenvalue weighted by Crippen LogP contribution is 2.26. The van der Waals surface area contributed by atoms with E-state index in [1.54, 1.807) is 0 Å². The Kier molecular flexibility index (Phi) is 4.43. The van der Waals surface area contributed by atoms with E-state index in [1.165, 1.54) is 5.56 Å². The van der Waals surface area contributed by atoms with Gasteiger partial charge in [0.25, 0.3) is 0 Å². The quantitative estimate of drug-likeness (QED) is 0.934. The minimum atomic E-state index is -0.150. The van der Waals surface area contributed by atoms with E-state index in [2.05, 4.69) is 62.2 Å². The van der Waals surface area contributed by atoms with Crippen molar-refractivity contribution < 1.29 is 0 Å². The standard InChI is InChI=1S/C18H25N3/c1-6-16-15(11-12(2)20-21-16)17(19)13-7-9-14(10-8-13)18(3,4)5/h7-11,17H,6,19H2,1-5H3. The van der Waals surface area contributed by atoms with Crippen LogP contribution in [0.1, 0.15) is 61.8 Å². The Morgan fingerprint density at radius 3 is 2.24 bits per heavy atom. The van der Waals surface area contributed by atoms with Crippen molar-refractivity contribution in [1.82, 2.24) is 10.2 Å². The fourth-order valence-electron chi connectivity index (χ4n) is 2.45. The van der Waals surface area contributed by atoms with Crippen molar-refractivity contribution in [3.8, 4) is 0 Å². The molecule has 0 bridgehead atoms. The Hall–Kier alpha value is -1.74. The summed E-state index contributed by atoms with van der Waals surface area (Å²) in [6, 6.07) is 10.5. The number of hydrogen-bond donors (Lipinski definition) is 1. The molecule has 1 aromatic carbocycles. The number of nitrogens with zero attached hydrogens (tertiary/aromatic N) is 2. The highest BCUT2D eigenvalue weighted by atomic mass is 15.1. The molecule has 21 heavy (non-hydrogen) atoms. The number of benzene rings is 1. The third kappa shape index (κ3) is 3.48. The fraction of sp³-hybridized carbons (Fsp3) is 0.444. The molecule has 0 aliphatic rings. The second-order valence-corrected chi connectivity index (χ2v) is 6.59. The molecule has 2 aromatic rings. The SMILES string of the molecule is CCc1nnc(C)cc1C(N)c1ccc(C(C)(C)C)cc1. The van der Waals surface area contributed by atoms with Gasteiger partial charge < -0.3 is 5.73 Å². The summed E-state index contributed by atoms with van der Waals surface area (Å²) in [6.45, 7) is 10.7. The van der Waals surface area contributed by atoms with E-state index in [9.17, 15) is 0 Å². The van der Waals surface area contributed by atoms with Crippen molar-refractivity contribution in [2.45, 2.75) is 52.5 Å². The largest absolute Gasteiger partial charge is 0.320 e. The molecule has 1 unspecified atom stereocenters. The molecule has 1 heterocycles. The van der Waals surface area contributed by atoms with Gasteiger partial charge in [0.15, 0.2) is 0 Å². The molecule has 0 fully saturated rings. The van der Waals surface area contributed by atoms with E-state index in [4.69, 9.17) is 5.73 Å². The second-order valence-electron chi connectivity index (χ2n) is 6.59. The average Bonchev–Trinajstić information content (AvgIpc) is 2.45. The smallest absolute Gasteiger partial charge is 0.0679 e. The highest BCUT2D eigenvalue weighted by molar-refractivity contribution is 5.36. The Morgan fingerprint density at radius 2 is 1.71 bits per heavy atom. The summed E-state index contributed by atoms with van der Waals surface area (Å²) in [5, 5.41) is 8.40. The lowest BCUT2D eigenvalue weighted by Crippen LogP contribution is -2.17. The van der Waals surface area contributed by atoms with Gasteiger partial charge in [0, 0.05) is 0 Å². The molecule has 0 saturated carbocycles. The molecule has 112 valence electrons. The number of rotatable bonds is 3. The molecule has 0 aliphatic heterocycles. The molecule has 3 heteroatoms. The van der Waals surface area contributed by atoms with E-state index in [-0.39, 0.29) is 11.5 Å². The molecule has 1 aromatic heterocycles. The number of hydrogen-bond acceptors (Lipinski definition) is 3. The Morgan fingerprint density at radius 1 is 1.10 bits per heavy atom. The van der Waals surface area contributed by atoms with Gasteiger partial charge in [-0.25, -0.2) is 0 Å². The van der Waals surface area contributed by atoms with Gasteiger partial charge in [-0.3, -0.25) is 0 Å². The summed E-state index contributed by atoms with van der Waals surface area (Å²) in [6.07, 6.45) is 0.844. The van der Waals surface area contributed by atoms with Gasteiger partial charge in [-0.2, -0.15) is 10.2 Å². The van der Waals surface area contributed by atoms with Crippen LogP contribution in [-0.4, -0.2) is 10.2 Å². The molecule has 3 nitrogen and oxygen atoms in total. The van der Waals surface area contributed by atoms with Crippen LogP contribution in [0, 0.1) is 6.92 Å². The Bertz CT molecular complexity index is 609. The van der Waals surface area contributed by atoms with Crippen molar-refractivity contribution >= 4 is 0 Å². The van der Waals surface area contributed by atoms with E-state index < -0.39 is 0 Å². The molecule has 2 N–H and O–H groups in total. The van der Waals surface area contributed by atoms with Crippen molar-refractivity contribution in [2.75, 3.05) is 0 Å². The zero-order valence-corrected chi connectivity index (χ0v) is 13.6. The Balaban J connectivity index is 2.36. The fourth-order valence-corrected chi connectivity index (χ4v) is 2.45. The molecule has 0 aliphatic carbocycles. The lowest BCUT2D eigenvalue weighted by Gasteiger charge is -2.21. The first-order valence-electron chi connectivity index (χ1n) is 7.52. The van der Waals surface area contributed by atoms with Crippen molar-refractivity contribution in [2.24, 2.45) is 5.73 Å². The van der Waals surface area contributed by atoms with Gasteiger partial charge >= 0.3 is 0 Å². The zero-order chi connectivity index (χ0) is 15.6. The molecule has 0 amide bonds. The van der Waals surface area contributed by atoms with Gasteiger partial charge in [0.1, 0.15) is 0 Å². The maximum absolute atomic E-state index is 6.45. The average molecular weight is 283 g/mol. The maximum Gasteiger partial charge on any atom is 0.0679 e. The van der Waals surface area contributed by atoms with Gasteiger partial charge in [0.2, 0.25) is 0 Å².